The first-order valence-electron chi connectivity index (χ1n) is 32.4. The van der Waals surface area contributed by atoms with Crippen LogP contribution in [0.5, 0.6) is 34.5 Å². The summed E-state index contributed by atoms with van der Waals surface area (Å²) in [7, 11) is 0. The Morgan fingerprint density at radius 3 is 1.03 bits per heavy atom. The van der Waals surface area contributed by atoms with E-state index in [1.807, 2.05) is 0 Å². The van der Waals surface area contributed by atoms with Crippen LogP contribution in [0.25, 0.3) is 67.2 Å². The number of rotatable bonds is 18. The number of pyridine rings is 3. The number of nitrogens with one attached hydrogen (secondary N) is 3. The van der Waals surface area contributed by atoms with Gasteiger partial charge >= 0.3 is 17.1 Å². The molecule has 9 aromatic carbocycles. The van der Waals surface area contributed by atoms with Gasteiger partial charge in [-0.25, -0.2) is 23.2 Å². The Labute approximate surface area is 631 Å². The summed E-state index contributed by atoms with van der Waals surface area (Å²) in [6.45, 7) is 10.4. The zero-order valence-electron chi connectivity index (χ0n) is 56.1. The molecule has 3 N–H and O–H groups in total. The quantitative estimate of drug-likeness (QED) is 0.0681. The predicted molar refractivity (Wildman–Crippen MR) is 416 cm³/mol. The van der Waals surface area contributed by atoms with Crippen molar-refractivity contribution in [2.24, 2.45) is 0 Å². The van der Waals surface area contributed by atoms with Crippen molar-refractivity contribution in [3.8, 4) is 68.6 Å². The van der Waals surface area contributed by atoms with Gasteiger partial charge in [0.25, 0.3) is 0 Å². The normalized spacial score (nSPS) is 10.8. The largest absolute Gasteiger partial charge is 0.457 e. The summed E-state index contributed by atoms with van der Waals surface area (Å²) >= 11 is 23.8. The number of carbonyl (C=O) groups is 3. The fourth-order valence-corrected chi connectivity index (χ4v) is 12.4. The molecule has 0 atom stereocenters. The van der Waals surface area contributed by atoms with Crippen molar-refractivity contribution in [2.75, 3.05) is 16.0 Å². The van der Waals surface area contributed by atoms with Crippen molar-refractivity contribution >= 4 is 114 Å². The number of imidazole rings is 3. The first-order chi connectivity index (χ1) is 52.3. The van der Waals surface area contributed by atoms with Crippen LogP contribution >= 0.6 is 46.4 Å². The molecule has 0 spiro atoms. The molecule has 534 valence electrons. The summed E-state index contributed by atoms with van der Waals surface area (Å²) in [6.07, 6.45) is 13.2. The molecule has 15 aromatic rings. The van der Waals surface area contributed by atoms with Crippen molar-refractivity contribution in [3.05, 3.63) is 357 Å². The molecule has 3 amide bonds. The number of fused-ring (bicyclic) bond motifs is 3. The Morgan fingerprint density at radius 1 is 0.352 bits per heavy atom. The molecule has 15 rings (SSSR count). The number of anilines is 3. The van der Waals surface area contributed by atoms with Crippen LogP contribution in [0.1, 0.15) is 0 Å². The highest BCUT2D eigenvalue weighted by molar-refractivity contribution is 6.35. The second-order valence-electron chi connectivity index (χ2n) is 23.2. The van der Waals surface area contributed by atoms with Crippen molar-refractivity contribution in [2.45, 2.75) is 0 Å². The molecule has 21 nitrogen and oxygen atoms in total. The number of benzene rings is 9. The second kappa shape index (κ2) is 32.1. The number of hydrogen-bond donors (Lipinski definition) is 3. The van der Waals surface area contributed by atoms with E-state index in [0.717, 1.165) is 0 Å². The highest BCUT2D eigenvalue weighted by Gasteiger charge is 2.22. The van der Waals surface area contributed by atoms with Gasteiger partial charge in [-0.3, -0.25) is 56.7 Å². The van der Waals surface area contributed by atoms with E-state index in [-0.39, 0.29) is 56.3 Å². The number of nitrogens with zero attached hydrogens (tertiary/aromatic N) is 9. The predicted octanol–water partition coefficient (Wildman–Crippen LogP) is 18.2. The van der Waals surface area contributed by atoms with Crippen LogP contribution in [-0.2, 0) is 14.4 Å². The van der Waals surface area contributed by atoms with Crippen LogP contribution in [0.15, 0.2) is 308 Å². The third-order valence-electron chi connectivity index (χ3n) is 16.2. The number of ether oxygens (including phenoxy) is 3. The van der Waals surface area contributed by atoms with E-state index in [9.17, 15) is 37.5 Å². The molecule has 6 heterocycles. The summed E-state index contributed by atoms with van der Waals surface area (Å²) in [5, 5.41) is 9.24. The lowest BCUT2D eigenvalue weighted by molar-refractivity contribution is -0.112. The molecule has 0 radical (unpaired) electrons. The number of halogens is 6. The Morgan fingerprint density at radius 2 is 0.676 bits per heavy atom. The minimum atomic E-state index is -0.653. The smallest absolute Gasteiger partial charge is 0.338 e. The average Bonchev–Trinajstić information content (AvgIpc) is 1.61. The van der Waals surface area contributed by atoms with Crippen LogP contribution in [-0.4, -0.2) is 60.1 Å². The van der Waals surface area contributed by atoms with E-state index in [4.69, 9.17) is 60.6 Å². The second-order valence-corrected chi connectivity index (χ2v) is 25.0. The molecule has 0 aliphatic heterocycles. The average molecular weight is 1520 g/mol. The minimum Gasteiger partial charge on any atom is -0.457 e. The Hall–Kier alpha value is -13.7. The van der Waals surface area contributed by atoms with Gasteiger partial charge in [-0.15, -0.1) is 0 Å². The maximum Gasteiger partial charge on any atom is 0.338 e. The standard InChI is InChI=1S/C27H18Cl2N4O3.2C27H18ClFN4O3/c1-2-26(34)31-19-4-3-5-21(15-19)33-24-10-11-30-16-25(24)32(27(33)35)20-6-8-22(9-7-20)36-23-13-17(28)12-18(29)14-23;1-2-25(34)31-17-5-3-6-19(15-17)33-22-13-14-30-16-23(22)32(27(33)35)18-9-11-20(12-10-18)36-24-8-4-7-21(28)26(24)29;1-2-26(34)31-19-4-3-5-21(15-19)33-24-10-11-30-16-25(24)32(27(33)35)20-6-8-22(9-7-20)36-23-13-17(28)12-18(29)14-23/h3*2-16H,1H2,(H,31,34). The molecule has 0 saturated carbocycles. The third-order valence-corrected chi connectivity index (χ3v) is 17.1. The molecular formula is C81H54Cl4F2N12O9. The summed E-state index contributed by atoms with van der Waals surface area (Å²) in [5.41, 5.74) is 7.86. The van der Waals surface area contributed by atoms with Crippen LogP contribution in [0, 0.1) is 11.6 Å². The van der Waals surface area contributed by atoms with Crippen LogP contribution in [0.3, 0.4) is 0 Å². The fraction of sp³-hybridized carbons (Fsp3) is 0. The third kappa shape index (κ3) is 16.0. The zero-order valence-corrected chi connectivity index (χ0v) is 59.1. The topological polar surface area (TPSA) is 234 Å². The van der Waals surface area contributed by atoms with Crippen LogP contribution < -0.4 is 47.2 Å². The van der Waals surface area contributed by atoms with Crippen molar-refractivity contribution in [1.82, 2.24) is 42.4 Å². The van der Waals surface area contributed by atoms with Gasteiger partial charge in [0.2, 0.25) is 17.7 Å². The summed E-state index contributed by atoms with van der Waals surface area (Å²) in [6, 6.07) is 60.0. The van der Waals surface area contributed by atoms with E-state index in [1.54, 1.807) is 239 Å². The van der Waals surface area contributed by atoms with Gasteiger partial charge in [0.05, 0.1) is 90.8 Å². The number of carbonyl (C=O) groups excluding carboxylic acids is 3. The van der Waals surface area contributed by atoms with Crippen LogP contribution in [0.2, 0.25) is 20.1 Å². The van der Waals surface area contributed by atoms with Gasteiger partial charge in [0.15, 0.2) is 11.6 Å². The zero-order chi connectivity index (χ0) is 75.7. The molecule has 0 aliphatic carbocycles. The van der Waals surface area contributed by atoms with Crippen LogP contribution in [0.4, 0.5) is 25.8 Å². The van der Waals surface area contributed by atoms with Gasteiger partial charge in [0, 0.05) is 56.8 Å². The van der Waals surface area contributed by atoms with E-state index in [0.29, 0.717) is 117 Å². The van der Waals surface area contributed by atoms with E-state index in [1.165, 1.54) is 62.3 Å². The molecular weight excluding hydrogens is 1460 g/mol. The molecule has 0 unspecified atom stereocenters. The van der Waals surface area contributed by atoms with Gasteiger partial charge in [-0.05, 0) is 206 Å². The molecule has 0 aliphatic rings. The molecule has 0 bridgehead atoms. The Kier molecular flexibility index (Phi) is 21.6. The highest BCUT2D eigenvalue weighted by atomic mass is 35.5. The highest BCUT2D eigenvalue weighted by Crippen LogP contribution is 2.34. The van der Waals surface area contributed by atoms with E-state index in [2.05, 4.69) is 50.6 Å². The maximum atomic E-state index is 14.2. The lowest BCUT2D eigenvalue weighted by atomic mass is 10.2. The van der Waals surface area contributed by atoms with E-state index < -0.39 is 11.6 Å². The monoisotopic (exact) mass is 1520 g/mol. The first kappa shape index (κ1) is 72.6. The van der Waals surface area contributed by atoms with Gasteiger partial charge < -0.3 is 30.2 Å². The van der Waals surface area contributed by atoms with Gasteiger partial charge in [-0.1, -0.05) is 90.4 Å². The molecule has 6 aromatic heterocycles. The molecule has 27 heteroatoms. The summed E-state index contributed by atoms with van der Waals surface area (Å²) < 4.78 is 54.3. The van der Waals surface area contributed by atoms with E-state index >= 15 is 0 Å². The number of aromatic nitrogens is 9. The SMILES string of the molecule is C=CC(=O)Nc1cccc(-n2c(=O)n(-c3ccc(Oc4cc(Cl)cc(Cl)c4)cc3)c3cnccc32)c1.C=CC(=O)Nc1cccc(-n2c(=O)n(-c3ccc(Oc4cc(F)cc(Cl)c4)cc3)c3cnccc32)c1.C=CC(=O)Nc1cccc(-n2c(=O)n(-c3ccc(Oc4cccc(Cl)c4F)cc3)c3cnccc32)c1. The lowest BCUT2D eigenvalue weighted by Gasteiger charge is -2.09. The Bertz CT molecular complexity index is 5930. The number of amides is 3. The van der Waals surface area contributed by atoms with Crippen molar-refractivity contribution < 1.29 is 37.4 Å². The van der Waals surface area contributed by atoms with Gasteiger partial charge in [-0.2, -0.15) is 0 Å². The lowest BCUT2D eigenvalue weighted by Crippen LogP contribution is -2.22. The molecule has 0 fully saturated rings. The van der Waals surface area contributed by atoms with Crippen molar-refractivity contribution in [3.63, 3.8) is 0 Å². The van der Waals surface area contributed by atoms with Gasteiger partial charge in [0.1, 0.15) is 34.6 Å². The minimum absolute atomic E-state index is 0.00310. The number of hydrogen-bond acceptors (Lipinski definition) is 12. The van der Waals surface area contributed by atoms with Crippen molar-refractivity contribution in [1.29, 1.82) is 0 Å². The Balaban J connectivity index is 0.000000143. The first-order valence-corrected chi connectivity index (χ1v) is 33.9. The summed E-state index contributed by atoms with van der Waals surface area (Å²) in [4.78, 5) is 88.7. The fourth-order valence-electron chi connectivity index (χ4n) is 11.5. The molecule has 108 heavy (non-hydrogen) atoms. The molecule has 0 saturated heterocycles. The maximum absolute atomic E-state index is 14.2. The summed E-state index contributed by atoms with van der Waals surface area (Å²) in [5.74, 6) is -0.0747.